The van der Waals surface area contributed by atoms with E-state index in [2.05, 4.69) is 43.5 Å². The summed E-state index contributed by atoms with van der Waals surface area (Å²) in [6, 6.07) is 6.75. The highest BCUT2D eigenvalue weighted by Crippen LogP contribution is 2.27. The number of hydrogen-bond donors (Lipinski definition) is 2. The van der Waals surface area contributed by atoms with Crippen LogP contribution in [0.5, 0.6) is 5.75 Å². The number of fused-ring (bicyclic) bond motifs is 1. The van der Waals surface area contributed by atoms with Crippen molar-refractivity contribution < 1.29 is 4.74 Å². The smallest absolute Gasteiger partial charge is 0.120 e. The zero-order valence-electron chi connectivity index (χ0n) is 11.1. The molecule has 17 heavy (non-hydrogen) atoms. The third-order valence-electron chi connectivity index (χ3n) is 2.96. The van der Waals surface area contributed by atoms with Crippen molar-refractivity contribution in [2.24, 2.45) is 0 Å². The molecule has 0 radical (unpaired) electrons. The molecule has 0 aliphatic carbocycles. The van der Waals surface area contributed by atoms with E-state index >= 15 is 0 Å². The van der Waals surface area contributed by atoms with Crippen LogP contribution in [0.1, 0.15) is 26.3 Å². The van der Waals surface area contributed by atoms with Gasteiger partial charge in [0.1, 0.15) is 5.75 Å². The second kappa shape index (κ2) is 4.57. The monoisotopic (exact) mass is 234 g/mol. The van der Waals surface area contributed by atoms with Gasteiger partial charge in [0.05, 0.1) is 7.11 Å². The molecule has 2 rings (SSSR count). The molecule has 0 fully saturated rings. The second-order valence-electron chi connectivity index (χ2n) is 5.70. The first-order valence-electron chi connectivity index (χ1n) is 6.16. The molecule has 0 saturated carbocycles. The predicted octanol–water partition coefficient (Wildman–Crippen LogP) is 2.42. The Morgan fingerprint density at radius 2 is 2.12 bits per heavy atom. The number of benzene rings is 1. The summed E-state index contributed by atoms with van der Waals surface area (Å²) in [4.78, 5) is 0. The van der Waals surface area contributed by atoms with Gasteiger partial charge in [-0.25, -0.2) is 0 Å². The van der Waals surface area contributed by atoms with Crippen LogP contribution in [0.4, 0.5) is 5.69 Å². The first-order valence-corrected chi connectivity index (χ1v) is 6.16. The highest BCUT2D eigenvalue weighted by Gasteiger charge is 2.22. The Labute approximate surface area is 104 Å². The lowest BCUT2D eigenvalue weighted by Crippen LogP contribution is -2.49. The standard InChI is InChI=1S/C14H22N2O/c1-14(2,3)16-11-7-10-5-6-12(17-4)8-13(10)15-9-11/h5-6,8,11,15-16H,7,9H2,1-4H3. The number of anilines is 1. The molecule has 2 N–H and O–H groups in total. The third kappa shape index (κ3) is 3.13. The van der Waals surface area contributed by atoms with E-state index in [0.29, 0.717) is 6.04 Å². The predicted molar refractivity (Wildman–Crippen MR) is 71.9 cm³/mol. The van der Waals surface area contributed by atoms with Gasteiger partial charge in [-0.3, -0.25) is 0 Å². The summed E-state index contributed by atoms with van der Waals surface area (Å²) in [5.41, 5.74) is 2.73. The van der Waals surface area contributed by atoms with Gasteiger partial charge in [-0.1, -0.05) is 6.07 Å². The molecule has 0 spiro atoms. The van der Waals surface area contributed by atoms with Crippen LogP contribution < -0.4 is 15.4 Å². The molecule has 1 unspecified atom stereocenters. The minimum atomic E-state index is 0.163. The van der Waals surface area contributed by atoms with Crippen LogP contribution >= 0.6 is 0 Å². The zero-order valence-corrected chi connectivity index (χ0v) is 11.1. The summed E-state index contributed by atoms with van der Waals surface area (Å²) in [7, 11) is 1.70. The van der Waals surface area contributed by atoms with Gasteiger partial charge in [-0.15, -0.1) is 0 Å². The van der Waals surface area contributed by atoms with Crippen molar-refractivity contribution in [1.82, 2.24) is 5.32 Å². The largest absolute Gasteiger partial charge is 0.497 e. The summed E-state index contributed by atoms with van der Waals surface area (Å²) in [5.74, 6) is 0.915. The Morgan fingerprint density at radius 1 is 1.35 bits per heavy atom. The fraction of sp³-hybridized carbons (Fsp3) is 0.571. The topological polar surface area (TPSA) is 33.3 Å². The highest BCUT2D eigenvalue weighted by atomic mass is 16.5. The normalized spacial score (nSPS) is 19.4. The van der Waals surface area contributed by atoms with Gasteiger partial charge in [0.25, 0.3) is 0 Å². The summed E-state index contributed by atoms with van der Waals surface area (Å²) in [6.07, 6.45) is 1.07. The van der Waals surface area contributed by atoms with Crippen molar-refractivity contribution in [2.75, 3.05) is 19.0 Å². The number of methoxy groups -OCH3 is 1. The van der Waals surface area contributed by atoms with E-state index in [9.17, 15) is 0 Å². The second-order valence-corrected chi connectivity index (χ2v) is 5.70. The maximum Gasteiger partial charge on any atom is 0.120 e. The molecule has 1 aromatic rings. The van der Waals surface area contributed by atoms with Gasteiger partial charge in [-0.2, -0.15) is 0 Å². The van der Waals surface area contributed by atoms with Crippen LogP contribution in [-0.4, -0.2) is 25.2 Å². The Balaban J connectivity index is 2.09. The van der Waals surface area contributed by atoms with Gasteiger partial charge in [-0.05, 0) is 38.8 Å². The summed E-state index contributed by atoms with van der Waals surface area (Å²) in [5, 5.41) is 7.10. The van der Waals surface area contributed by atoms with Crippen LogP contribution in [0.3, 0.4) is 0 Å². The molecule has 1 aromatic carbocycles. The summed E-state index contributed by atoms with van der Waals surface area (Å²) in [6.45, 7) is 7.58. The first-order chi connectivity index (χ1) is 7.98. The quantitative estimate of drug-likeness (QED) is 0.824. The van der Waals surface area contributed by atoms with Crippen molar-refractivity contribution >= 4 is 5.69 Å². The van der Waals surface area contributed by atoms with E-state index in [-0.39, 0.29) is 5.54 Å². The average Bonchev–Trinajstić information content (AvgIpc) is 2.26. The van der Waals surface area contributed by atoms with E-state index in [1.54, 1.807) is 7.11 Å². The summed E-state index contributed by atoms with van der Waals surface area (Å²) < 4.78 is 5.23. The molecule has 0 bridgehead atoms. The highest BCUT2D eigenvalue weighted by molar-refractivity contribution is 5.57. The third-order valence-corrected chi connectivity index (χ3v) is 2.96. The van der Waals surface area contributed by atoms with Crippen LogP contribution in [0.15, 0.2) is 18.2 Å². The van der Waals surface area contributed by atoms with Gasteiger partial charge in [0.15, 0.2) is 0 Å². The lowest BCUT2D eigenvalue weighted by atomic mass is 9.97. The molecule has 3 nitrogen and oxygen atoms in total. The Bertz CT molecular complexity index is 396. The fourth-order valence-electron chi connectivity index (χ4n) is 2.31. The van der Waals surface area contributed by atoms with Gasteiger partial charge < -0.3 is 15.4 Å². The zero-order chi connectivity index (χ0) is 12.5. The van der Waals surface area contributed by atoms with Crippen molar-refractivity contribution in [3.05, 3.63) is 23.8 Å². The number of rotatable bonds is 2. The minimum Gasteiger partial charge on any atom is -0.497 e. The molecule has 1 aliphatic heterocycles. The molecule has 1 aliphatic rings. The SMILES string of the molecule is COc1ccc2c(c1)NCC(NC(C)(C)C)C2. The van der Waals surface area contributed by atoms with Crippen molar-refractivity contribution in [3.8, 4) is 5.75 Å². The maximum atomic E-state index is 5.23. The lowest BCUT2D eigenvalue weighted by molar-refractivity contribution is 0.360. The Kier molecular flexibility index (Phi) is 3.29. The van der Waals surface area contributed by atoms with E-state index < -0.39 is 0 Å². The Morgan fingerprint density at radius 3 is 2.76 bits per heavy atom. The van der Waals surface area contributed by atoms with Crippen molar-refractivity contribution in [1.29, 1.82) is 0 Å². The fourth-order valence-corrected chi connectivity index (χ4v) is 2.31. The molecule has 3 heteroatoms. The molecular formula is C14H22N2O. The molecule has 0 amide bonds. The Hall–Kier alpha value is -1.22. The maximum absolute atomic E-state index is 5.23. The van der Waals surface area contributed by atoms with E-state index in [0.717, 1.165) is 18.7 Å². The molecule has 1 heterocycles. The number of nitrogens with one attached hydrogen (secondary N) is 2. The number of ether oxygens (including phenoxy) is 1. The van der Waals surface area contributed by atoms with E-state index in [1.807, 2.05) is 6.07 Å². The van der Waals surface area contributed by atoms with Gasteiger partial charge in [0.2, 0.25) is 0 Å². The van der Waals surface area contributed by atoms with Crippen LogP contribution in [0.2, 0.25) is 0 Å². The molecule has 0 saturated heterocycles. The molecular weight excluding hydrogens is 212 g/mol. The first kappa shape index (κ1) is 12.2. The lowest BCUT2D eigenvalue weighted by Gasteiger charge is -2.33. The van der Waals surface area contributed by atoms with Crippen LogP contribution in [0, 0.1) is 0 Å². The van der Waals surface area contributed by atoms with Crippen LogP contribution in [-0.2, 0) is 6.42 Å². The minimum absolute atomic E-state index is 0.163. The van der Waals surface area contributed by atoms with Gasteiger partial charge >= 0.3 is 0 Å². The van der Waals surface area contributed by atoms with Gasteiger partial charge in [0, 0.05) is 29.9 Å². The molecule has 94 valence electrons. The number of hydrogen-bond acceptors (Lipinski definition) is 3. The molecule has 0 aromatic heterocycles. The summed E-state index contributed by atoms with van der Waals surface area (Å²) >= 11 is 0. The average molecular weight is 234 g/mol. The van der Waals surface area contributed by atoms with E-state index in [1.165, 1.54) is 11.3 Å². The van der Waals surface area contributed by atoms with Crippen molar-refractivity contribution in [2.45, 2.75) is 38.8 Å². The van der Waals surface area contributed by atoms with Crippen molar-refractivity contribution in [3.63, 3.8) is 0 Å². The van der Waals surface area contributed by atoms with E-state index in [4.69, 9.17) is 4.74 Å². The van der Waals surface area contributed by atoms with Crippen LogP contribution in [0.25, 0.3) is 0 Å². The molecule has 1 atom stereocenters.